The van der Waals surface area contributed by atoms with Crippen molar-refractivity contribution in [2.45, 2.75) is 0 Å². The molecule has 0 saturated heterocycles. The SMILES string of the molecule is COc1cnc2c(Cl)cc(Br)cc2n1. The minimum absolute atomic E-state index is 0.478. The molecule has 2 rings (SSSR count). The summed E-state index contributed by atoms with van der Waals surface area (Å²) < 4.78 is 5.84. The number of rotatable bonds is 1. The molecule has 14 heavy (non-hydrogen) atoms. The van der Waals surface area contributed by atoms with Gasteiger partial charge in [0, 0.05) is 4.47 Å². The first-order chi connectivity index (χ1) is 6.70. The summed E-state index contributed by atoms with van der Waals surface area (Å²) in [6, 6.07) is 3.63. The molecule has 0 aliphatic carbocycles. The third-order valence-corrected chi connectivity index (χ3v) is 2.50. The summed E-state index contributed by atoms with van der Waals surface area (Å²) in [6.45, 7) is 0. The fourth-order valence-corrected chi connectivity index (χ4v) is 1.97. The minimum atomic E-state index is 0.478. The molecule has 0 spiro atoms. The Bertz CT molecular complexity index is 489. The van der Waals surface area contributed by atoms with Crippen molar-refractivity contribution in [1.82, 2.24) is 9.97 Å². The van der Waals surface area contributed by atoms with Crippen LogP contribution >= 0.6 is 27.5 Å². The minimum Gasteiger partial charge on any atom is -0.480 e. The molecule has 1 aromatic heterocycles. The zero-order valence-corrected chi connectivity index (χ0v) is 9.63. The predicted octanol–water partition coefficient (Wildman–Crippen LogP) is 3.05. The Hall–Kier alpha value is -0.870. The summed E-state index contributed by atoms with van der Waals surface area (Å²) in [5, 5.41) is 0.574. The predicted molar refractivity (Wildman–Crippen MR) is 58.8 cm³/mol. The third-order valence-electron chi connectivity index (χ3n) is 1.75. The molecule has 0 N–H and O–H groups in total. The van der Waals surface area contributed by atoms with Gasteiger partial charge in [-0.2, -0.15) is 0 Å². The van der Waals surface area contributed by atoms with Crippen LogP contribution in [0, 0.1) is 0 Å². The molecule has 0 fully saturated rings. The molecule has 0 amide bonds. The van der Waals surface area contributed by atoms with Crippen LogP contribution in [-0.2, 0) is 0 Å². The third kappa shape index (κ3) is 1.67. The number of hydrogen-bond donors (Lipinski definition) is 0. The van der Waals surface area contributed by atoms with Gasteiger partial charge < -0.3 is 4.74 Å². The van der Waals surface area contributed by atoms with Crippen LogP contribution in [-0.4, -0.2) is 17.1 Å². The lowest BCUT2D eigenvalue weighted by molar-refractivity contribution is 0.397. The van der Waals surface area contributed by atoms with Crippen molar-refractivity contribution in [2.75, 3.05) is 7.11 Å². The number of methoxy groups -OCH3 is 1. The van der Waals surface area contributed by atoms with Gasteiger partial charge in [0.2, 0.25) is 5.88 Å². The van der Waals surface area contributed by atoms with Crippen molar-refractivity contribution < 1.29 is 4.74 Å². The molecule has 1 heterocycles. The lowest BCUT2D eigenvalue weighted by atomic mass is 10.3. The Morgan fingerprint density at radius 3 is 2.93 bits per heavy atom. The molecule has 0 atom stereocenters. The van der Waals surface area contributed by atoms with E-state index in [0.717, 1.165) is 4.47 Å². The lowest BCUT2D eigenvalue weighted by Crippen LogP contribution is -1.90. The number of ether oxygens (including phenoxy) is 1. The van der Waals surface area contributed by atoms with Crippen molar-refractivity contribution in [2.24, 2.45) is 0 Å². The van der Waals surface area contributed by atoms with E-state index in [1.54, 1.807) is 19.4 Å². The van der Waals surface area contributed by atoms with E-state index in [1.807, 2.05) is 6.07 Å². The highest BCUT2D eigenvalue weighted by molar-refractivity contribution is 9.10. The van der Waals surface area contributed by atoms with Gasteiger partial charge in [0.05, 0.1) is 23.8 Å². The van der Waals surface area contributed by atoms with Gasteiger partial charge in [-0.05, 0) is 12.1 Å². The lowest BCUT2D eigenvalue weighted by Gasteiger charge is -2.02. The Kier molecular flexibility index (Phi) is 2.56. The molecule has 2 aromatic rings. The average Bonchev–Trinajstić information content (AvgIpc) is 2.16. The Morgan fingerprint density at radius 2 is 2.21 bits per heavy atom. The monoisotopic (exact) mass is 272 g/mol. The summed E-state index contributed by atoms with van der Waals surface area (Å²) in [4.78, 5) is 8.37. The largest absolute Gasteiger partial charge is 0.480 e. The van der Waals surface area contributed by atoms with E-state index < -0.39 is 0 Å². The zero-order chi connectivity index (χ0) is 10.1. The van der Waals surface area contributed by atoms with E-state index in [4.69, 9.17) is 16.3 Å². The first-order valence-electron chi connectivity index (χ1n) is 3.86. The van der Waals surface area contributed by atoms with E-state index in [-0.39, 0.29) is 0 Å². The Morgan fingerprint density at radius 1 is 1.43 bits per heavy atom. The molecule has 1 aromatic carbocycles. The van der Waals surface area contributed by atoms with Gasteiger partial charge in [-0.25, -0.2) is 9.97 Å². The van der Waals surface area contributed by atoms with E-state index in [2.05, 4.69) is 25.9 Å². The van der Waals surface area contributed by atoms with Crippen LogP contribution in [0.1, 0.15) is 0 Å². The molecule has 72 valence electrons. The fraction of sp³-hybridized carbons (Fsp3) is 0.111. The van der Waals surface area contributed by atoms with Crippen molar-refractivity contribution in [3.05, 3.63) is 27.8 Å². The van der Waals surface area contributed by atoms with Crippen molar-refractivity contribution >= 4 is 38.6 Å². The van der Waals surface area contributed by atoms with Crippen LogP contribution in [0.3, 0.4) is 0 Å². The second-order valence-corrected chi connectivity index (χ2v) is 3.99. The van der Waals surface area contributed by atoms with E-state index >= 15 is 0 Å². The molecule has 0 bridgehead atoms. The maximum atomic E-state index is 5.98. The van der Waals surface area contributed by atoms with Crippen molar-refractivity contribution in [3.8, 4) is 5.88 Å². The summed E-state index contributed by atoms with van der Waals surface area (Å²) in [5.41, 5.74) is 1.39. The van der Waals surface area contributed by atoms with Crippen LogP contribution in [0.15, 0.2) is 22.8 Å². The number of hydrogen-bond acceptors (Lipinski definition) is 3. The van der Waals surface area contributed by atoms with Crippen molar-refractivity contribution in [1.29, 1.82) is 0 Å². The maximum Gasteiger partial charge on any atom is 0.232 e. The highest BCUT2D eigenvalue weighted by atomic mass is 79.9. The second-order valence-electron chi connectivity index (χ2n) is 2.67. The average molecular weight is 274 g/mol. The Balaban J connectivity index is 2.75. The molecule has 3 nitrogen and oxygen atoms in total. The van der Waals surface area contributed by atoms with Gasteiger partial charge in [0.1, 0.15) is 5.52 Å². The number of benzene rings is 1. The first-order valence-corrected chi connectivity index (χ1v) is 5.03. The van der Waals surface area contributed by atoms with Gasteiger partial charge >= 0.3 is 0 Å². The molecule has 5 heteroatoms. The second kappa shape index (κ2) is 3.71. The molecular weight excluding hydrogens is 267 g/mol. The first kappa shape index (κ1) is 9.68. The highest BCUT2D eigenvalue weighted by Crippen LogP contribution is 2.26. The Labute approximate surface area is 94.2 Å². The van der Waals surface area contributed by atoms with E-state index in [9.17, 15) is 0 Å². The molecule has 0 unspecified atom stereocenters. The van der Waals surface area contributed by atoms with Gasteiger partial charge in [-0.3, -0.25) is 0 Å². The topological polar surface area (TPSA) is 35.0 Å². The molecule has 0 aliphatic rings. The zero-order valence-electron chi connectivity index (χ0n) is 7.29. The number of nitrogens with zero attached hydrogens (tertiary/aromatic N) is 2. The van der Waals surface area contributed by atoms with Crippen LogP contribution in [0.25, 0.3) is 11.0 Å². The van der Waals surface area contributed by atoms with E-state index in [1.165, 1.54) is 0 Å². The molecule has 0 radical (unpaired) electrons. The molecule has 0 saturated carbocycles. The van der Waals surface area contributed by atoms with Crippen LogP contribution < -0.4 is 4.74 Å². The van der Waals surface area contributed by atoms with Gasteiger partial charge in [-0.15, -0.1) is 0 Å². The van der Waals surface area contributed by atoms with Crippen LogP contribution in [0.4, 0.5) is 0 Å². The van der Waals surface area contributed by atoms with Gasteiger partial charge in [0.25, 0.3) is 0 Å². The van der Waals surface area contributed by atoms with Crippen molar-refractivity contribution in [3.63, 3.8) is 0 Å². The smallest absolute Gasteiger partial charge is 0.232 e. The number of fused-ring (bicyclic) bond motifs is 1. The summed E-state index contributed by atoms with van der Waals surface area (Å²) in [6.07, 6.45) is 1.54. The maximum absolute atomic E-state index is 5.98. The van der Waals surface area contributed by atoms with Gasteiger partial charge in [0.15, 0.2) is 0 Å². The van der Waals surface area contributed by atoms with Crippen LogP contribution in [0.2, 0.25) is 5.02 Å². The standard InChI is InChI=1S/C9H6BrClN2O/c1-14-8-4-12-9-6(11)2-5(10)3-7(9)13-8/h2-4H,1H3. The number of aromatic nitrogens is 2. The number of halogens is 2. The highest BCUT2D eigenvalue weighted by Gasteiger charge is 2.05. The molecule has 0 aliphatic heterocycles. The quantitative estimate of drug-likeness (QED) is 0.801. The summed E-state index contributed by atoms with van der Waals surface area (Å²) in [7, 11) is 1.55. The summed E-state index contributed by atoms with van der Waals surface area (Å²) in [5.74, 6) is 0.478. The fourth-order valence-electron chi connectivity index (χ4n) is 1.13. The van der Waals surface area contributed by atoms with E-state index in [0.29, 0.717) is 21.9 Å². The molecular formula is C9H6BrClN2O. The van der Waals surface area contributed by atoms with Crippen LogP contribution in [0.5, 0.6) is 5.88 Å². The summed E-state index contributed by atoms with van der Waals surface area (Å²) >= 11 is 9.32. The normalized spacial score (nSPS) is 10.5. The van der Waals surface area contributed by atoms with Gasteiger partial charge in [-0.1, -0.05) is 27.5 Å².